The van der Waals surface area contributed by atoms with Gasteiger partial charge < -0.3 is 8.94 Å². The molecule has 0 saturated carbocycles. The lowest BCUT2D eigenvalue weighted by atomic mass is 10.1. The quantitative estimate of drug-likeness (QED) is 0.238. The number of sulfonamides is 2. The molecular formula is C27H24N4O8S3. The Bertz CT molecular complexity index is 2050. The van der Waals surface area contributed by atoms with Gasteiger partial charge in [0.15, 0.2) is 15.6 Å². The van der Waals surface area contributed by atoms with Crippen molar-refractivity contribution in [2.75, 3.05) is 0 Å². The van der Waals surface area contributed by atoms with Gasteiger partial charge >= 0.3 is 0 Å². The zero-order valence-electron chi connectivity index (χ0n) is 22.3. The van der Waals surface area contributed by atoms with E-state index < -0.39 is 53.2 Å². The van der Waals surface area contributed by atoms with E-state index in [1.54, 1.807) is 65.6 Å². The third kappa shape index (κ3) is 6.49. The van der Waals surface area contributed by atoms with Gasteiger partial charge in [-0.25, -0.2) is 25.3 Å². The number of sulfone groups is 1. The molecule has 0 aliphatic rings. The first-order chi connectivity index (χ1) is 19.8. The SMILES string of the molecule is Cc1ccc(-c2onc(-c3ccccc3)c2S(=O)(=O)Cc2nnc(CS(=O)(=O)NS(=O)(=O)c3ccc(C)cc3)o2)cc1. The molecule has 0 amide bonds. The minimum Gasteiger partial charge on any atom is -0.423 e. The normalized spacial score (nSPS) is 12.4. The van der Waals surface area contributed by atoms with E-state index >= 15 is 0 Å². The Hall–Kier alpha value is -4.18. The van der Waals surface area contributed by atoms with Crippen molar-refractivity contribution in [3.05, 3.63) is 102 Å². The first-order valence-electron chi connectivity index (χ1n) is 12.3. The second-order valence-electron chi connectivity index (χ2n) is 9.43. The van der Waals surface area contributed by atoms with Crippen molar-refractivity contribution < 1.29 is 34.2 Å². The van der Waals surface area contributed by atoms with Crippen molar-refractivity contribution in [2.24, 2.45) is 0 Å². The van der Waals surface area contributed by atoms with Crippen LogP contribution in [0, 0.1) is 13.8 Å². The molecule has 0 radical (unpaired) electrons. The predicted octanol–water partition coefficient (Wildman–Crippen LogP) is 3.79. The Balaban J connectivity index is 1.42. The number of nitrogens with one attached hydrogen (secondary N) is 1. The number of aryl methyl sites for hydroxylation is 2. The van der Waals surface area contributed by atoms with Crippen LogP contribution in [-0.4, -0.2) is 40.6 Å². The number of rotatable bonds is 10. The Labute approximate surface area is 242 Å². The lowest BCUT2D eigenvalue weighted by molar-refractivity contribution is 0.433. The molecule has 0 aliphatic heterocycles. The summed E-state index contributed by atoms with van der Waals surface area (Å²) in [5, 5.41) is 11.4. The van der Waals surface area contributed by atoms with Gasteiger partial charge in [0.25, 0.3) is 10.0 Å². The predicted molar refractivity (Wildman–Crippen MR) is 151 cm³/mol. The molecule has 2 aromatic heterocycles. The standard InChI is InChI=1S/C27H24N4O8S3/c1-18-8-12-21(13-9-18)26-27(25(30-39-26)20-6-4-3-5-7-20)40(32,33)16-23-28-29-24(38-23)17-41(34,35)31-42(36,37)22-14-10-19(2)11-15-22/h3-15,31H,16-17H2,1-2H3. The first kappa shape index (κ1) is 29.3. The average molecular weight is 629 g/mol. The Morgan fingerprint density at radius 1 is 0.690 bits per heavy atom. The van der Waals surface area contributed by atoms with Gasteiger partial charge in [0, 0.05) is 11.1 Å². The molecule has 15 heteroatoms. The number of aromatic nitrogens is 3. The molecule has 218 valence electrons. The van der Waals surface area contributed by atoms with Crippen LogP contribution < -0.4 is 4.13 Å². The summed E-state index contributed by atoms with van der Waals surface area (Å²) >= 11 is 0. The van der Waals surface area contributed by atoms with Crippen molar-refractivity contribution in [1.82, 2.24) is 19.5 Å². The highest BCUT2D eigenvalue weighted by Gasteiger charge is 2.32. The van der Waals surface area contributed by atoms with E-state index in [1.165, 1.54) is 24.3 Å². The maximum atomic E-state index is 13.7. The monoisotopic (exact) mass is 628 g/mol. The summed E-state index contributed by atoms with van der Waals surface area (Å²) in [7, 11) is -13.2. The van der Waals surface area contributed by atoms with Crippen LogP contribution in [0.5, 0.6) is 0 Å². The van der Waals surface area contributed by atoms with Crippen LogP contribution in [0.15, 0.2) is 97.6 Å². The zero-order valence-corrected chi connectivity index (χ0v) is 24.7. The van der Waals surface area contributed by atoms with Crippen LogP contribution in [0.1, 0.15) is 22.9 Å². The van der Waals surface area contributed by atoms with Crippen molar-refractivity contribution >= 4 is 29.9 Å². The third-order valence-electron chi connectivity index (χ3n) is 6.03. The van der Waals surface area contributed by atoms with Gasteiger partial charge in [0.1, 0.15) is 22.1 Å². The molecule has 0 saturated heterocycles. The van der Waals surface area contributed by atoms with E-state index in [0.29, 0.717) is 11.1 Å². The summed E-state index contributed by atoms with van der Waals surface area (Å²) in [6.07, 6.45) is 0. The van der Waals surface area contributed by atoms with Gasteiger partial charge in [-0.15, -0.1) is 14.3 Å². The largest absolute Gasteiger partial charge is 0.423 e. The highest BCUT2D eigenvalue weighted by molar-refractivity contribution is 8.04. The number of hydrogen-bond acceptors (Lipinski definition) is 11. The van der Waals surface area contributed by atoms with Crippen LogP contribution in [0.4, 0.5) is 0 Å². The number of benzene rings is 3. The van der Waals surface area contributed by atoms with Gasteiger partial charge in [0.2, 0.25) is 21.8 Å². The number of nitrogens with zero attached hydrogens (tertiary/aromatic N) is 3. The highest BCUT2D eigenvalue weighted by atomic mass is 32.3. The van der Waals surface area contributed by atoms with E-state index in [-0.39, 0.29) is 21.2 Å². The van der Waals surface area contributed by atoms with Crippen LogP contribution in [-0.2, 0) is 41.4 Å². The van der Waals surface area contributed by atoms with E-state index in [0.717, 1.165) is 11.1 Å². The van der Waals surface area contributed by atoms with Crippen LogP contribution in [0.2, 0.25) is 0 Å². The Morgan fingerprint density at radius 2 is 1.26 bits per heavy atom. The molecule has 0 fully saturated rings. The molecule has 0 unspecified atom stereocenters. The van der Waals surface area contributed by atoms with Gasteiger partial charge in [-0.05, 0) is 26.0 Å². The maximum absolute atomic E-state index is 13.7. The average Bonchev–Trinajstić information content (AvgIpc) is 3.56. The molecule has 42 heavy (non-hydrogen) atoms. The molecule has 5 rings (SSSR count). The van der Waals surface area contributed by atoms with Crippen LogP contribution >= 0.6 is 0 Å². The van der Waals surface area contributed by atoms with Crippen molar-refractivity contribution in [1.29, 1.82) is 0 Å². The second-order valence-corrected chi connectivity index (χ2v) is 15.0. The summed E-state index contributed by atoms with van der Waals surface area (Å²) in [6.45, 7) is 3.64. The second kappa shape index (κ2) is 11.2. The highest BCUT2D eigenvalue weighted by Crippen LogP contribution is 2.37. The molecule has 0 spiro atoms. The molecule has 0 bridgehead atoms. The molecule has 2 heterocycles. The lowest BCUT2D eigenvalue weighted by Gasteiger charge is -2.07. The molecule has 3 aromatic carbocycles. The first-order valence-corrected chi connectivity index (χ1v) is 17.1. The van der Waals surface area contributed by atoms with Gasteiger partial charge in [-0.3, -0.25) is 0 Å². The zero-order chi connectivity index (χ0) is 30.1. The van der Waals surface area contributed by atoms with Gasteiger partial charge in [-0.1, -0.05) is 83.0 Å². The maximum Gasteiger partial charge on any atom is 0.253 e. The van der Waals surface area contributed by atoms with Crippen molar-refractivity contribution in [3.8, 4) is 22.6 Å². The molecular weight excluding hydrogens is 605 g/mol. The summed E-state index contributed by atoms with van der Waals surface area (Å²) in [4.78, 5) is -0.447. The fourth-order valence-corrected chi connectivity index (χ4v) is 8.37. The third-order valence-corrected chi connectivity index (χ3v) is 11.1. The van der Waals surface area contributed by atoms with E-state index in [1.807, 2.05) is 6.92 Å². The minimum absolute atomic E-state index is 0.0154. The minimum atomic E-state index is -4.52. The van der Waals surface area contributed by atoms with Crippen LogP contribution in [0.3, 0.4) is 0 Å². The fourth-order valence-electron chi connectivity index (χ4n) is 4.00. The summed E-state index contributed by atoms with van der Waals surface area (Å²) < 4.78 is 90.3. The van der Waals surface area contributed by atoms with E-state index in [9.17, 15) is 25.3 Å². The molecule has 12 nitrogen and oxygen atoms in total. The Morgan fingerprint density at radius 3 is 1.88 bits per heavy atom. The number of hydrogen-bond donors (Lipinski definition) is 1. The summed E-state index contributed by atoms with van der Waals surface area (Å²) in [5.74, 6) is -2.69. The lowest BCUT2D eigenvalue weighted by Crippen LogP contribution is -2.31. The van der Waals surface area contributed by atoms with Crippen molar-refractivity contribution in [3.63, 3.8) is 0 Å². The van der Waals surface area contributed by atoms with Crippen LogP contribution in [0.25, 0.3) is 22.6 Å². The molecule has 5 aromatic rings. The smallest absolute Gasteiger partial charge is 0.253 e. The molecule has 1 N–H and O–H groups in total. The van der Waals surface area contributed by atoms with E-state index in [2.05, 4.69) is 15.4 Å². The van der Waals surface area contributed by atoms with E-state index in [4.69, 9.17) is 8.94 Å². The topological polar surface area (TPSA) is 179 Å². The van der Waals surface area contributed by atoms with Gasteiger partial charge in [-0.2, -0.15) is 0 Å². The molecule has 0 aliphatic carbocycles. The summed E-state index contributed by atoms with van der Waals surface area (Å²) in [6, 6.07) is 21.2. The Kier molecular flexibility index (Phi) is 7.85. The van der Waals surface area contributed by atoms with Crippen molar-refractivity contribution in [2.45, 2.75) is 35.1 Å². The molecule has 0 atom stereocenters. The fraction of sp³-hybridized carbons (Fsp3) is 0.148. The summed E-state index contributed by atoms with van der Waals surface area (Å²) in [5.41, 5.74) is 2.81. The van der Waals surface area contributed by atoms with Gasteiger partial charge in [0.05, 0.1) is 4.90 Å².